The molecule has 0 unspecified atom stereocenters. The lowest BCUT2D eigenvalue weighted by molar-refractivity contribution is 0.799. The molecule has 0 aliphatic rings. The van der Waals surface area contributed by atoms with Crippen molar-refractivity contribution in [1.82, 2.24) is 15.2 Å². The molecule has 0 spiro atoms. The Morgan fingerprint density at radius 3 is 2.55 bits per heavy atom. The first kappa shape index (κ1) is 16.4. The van der Waals surface area contributed by atoms with Crippen LogP contribution in [0, 0.1) is 0 Å². The third-order valence-electron chi connectivity index (χ3n) is 3.28. The highest BCUT2D eigenvalue weighted by molar-refractivity contribution is 6.30. The van der Waals surface area contributed by atoms with E-state index in [-0.39, 0.29) is 0 Å². The standard InChI is InChI=1S/C17H23ClN4/c1-3-19-17(21-12-15-9-11-22(2)13-15)20-10-8-14-4-6-16(18)7-5-14/h4-7,9,11,13H,3,8,10,12H2,1-2H3,(H2,19,20,21). The molecule has 22 heavy (non-hydrogen) atoms. The Kier molecular flexibility index (Phi) is 6.34. The first-order valence-electron chi connectivity index (χ1n) is 7.55. The highest BCUT2D eigenvalue weighted by Crippen LogP contribution is 2.09. The van der Waals surface area contributed by atoms with Gasteiger partial charge in [0.15, 0.2) is 5.96 Å². The molecule has 2 rings (SSSR count). The van der Waals surface area contributed by atoms with Crippen molar-refractivity contribution >= 4 is 17.6 Å². The van der Waals surface area contributed by atoms with E-state index in [9.17, 15) is 0 Å². The van der Waals surface area contributed by atoms with Crippen molar-refractivity contribution < 1.29 is 0 Å². The number of nitrogens with zero attached hydrogens (tertiary/aromatic N) is 2. The maximum Gasteiger partial charge on any atom is 0.191 e. The number of aliphatic imine (C=N–C) groups is 1. The molecule has 0 radical (unpaired) electrons. The van der Waals surface area contributed by atoms with Crippen LogP contribution in [0.4, 0.5) is 0 Å². The largest absolute Gasteiger partial charge is 0.357 e. The summed E-state index contributed by atoms with van der Waals surface area (Å²) in [4.78, 5) is 4.60. The van der Waals surface area contributed by atoms with Crippen molar-refractivity contribution in [2.24, 2.45) is 12.0 Å². The number of halogens is 1. The number of hydrogen-bond acceptors (Lipinski definition) is 1. The van der Waals surface area contributed by atoms with Crippen molar-refractivity contribution in [3.8, 4) is 0 Å². The lowest BCUT2D eigenvalue weighted by Crippen LogP contribution is -2.38. The number of aromatic nitrogens is 1. The highest BCUT2D eigenvalue weighted by Gasteiger charge is 1.99. The highest BCUT2D eigenvalue weighted by atomic mass is 35.5. The van der Waals surface area contributed by atoms with Crippen molar-refractivity contribution in [3.05, 3.63) is 58.9 Å². The van der Waals surface area contributed by atoms with Gasteiger partial charge < -0.3 is 15.2 Å². The fourth-order valence-electron chi connectivity index (χ4n) is 2.14. The Bertz CT molecular complexity index is 601. The second kappa shape index (κ2) is 8.49. The van der Waals surface area contributed by atoms with Crippen LogP contribution >= 0.6 is 11.6 Å². The second-order valence-electron chi connectivity index (χ2n) is 5.18. The fraction of sp³-hybridized carbons (Fsp3) is 0.353. The minimum Gasteiger partial charge on any atom is -0.357 e. The molecule has 0 aliphatic heterocycles. The van der Waals surface area contributed by atoms with E-state index in [0.717, 1.165) is 30.5 Å². The normalized spacial score (nSPS) is 11.5. The van der Waals surface area contributed by atoms with E-state index in [2.05, 4.69) is 46.9 Å². The van der Waals surface area contributed by atoms with E-state index in [1.807, 2.05) is 29.9 Å². The molecular formula is C17H23ClN4. The van der Waals surface area contributed by atoms with Gasteiger partial charge in [-0.2, -0.15) is 0 Å². The van der Waals surface area contributed by atoms with Gasteiger partial charge in [0.05, 0.1) is 6.54 Å². The van der Waals surface area contributed by atoms with Crippen molar-refractivity contribution in [1.29, 1.82) is 0 Å². The predicted octanol–water partition coefficient (Wildman–Crippen LogP) is 2.98. The molecule has 118 valence electrons. The van der Waals surface area contributed by atoms with Gasteiger partial charge in [-0.05, 0) is 42.7 Å². The summed E-state index contributed by atoms with van der Waals surface area (Å²) >= 11 is 5.89. The van der Waals surface area contributed by atoms with E-state index in [0.29, 0.717) is 6.54 Å². The van der Waals surface area contributed by atoms with Crippen molar-refractivity contribution in [2.75, 3.05) is 13.1 Å². The number of benzene rings is 1. The molecule has 2 aromatic rings. The Balaban J connectivity index is 1.84. The zero-order chi connectivity index (χ0) is 15.8. The molecule has 1 aromatic carbocycles. The third kappa shape index (κ3) is 5.45. The lowest BCUT2D eigenvalue weighted by atomic mass is 10.1. The second-order valence-corrected chi connectivity index (χ2v) is 5.62. The van der Waals surface area contributed by atoms with Gasteiger partial charge in [0.2, 0.25) is 0 Å². The van der Waals surface area contributed by atoms with Gasteiger partial charge in [0.1, 0.15) is 0 Å². The maximum atomic E-state index is 5.89. The Labute approximate surface area is 137 Å². The zero-order valence-corrected chi connectivity index (χ0v) is 13.9. The predicted molar refractivity (Wildman–Crippen MR) is 93.4 cm³/mol. The Morgan fingerprint density at radius 2 is 1.91 bits per heavy atom. The summed E-state index contributed by atoms with van der Waals surface area (Å²) in [5, 5.41) is 7.40. The smallest absolute Gasteiger partial charge is 0.191 e. The van der Waals surface area contributed by atoms with E-state index in [4.69, 9.17) is 11.6 Å². The summed E-state index contributed by atoms with van der Waals surface area (Å²) in [6.45, 7) is 4.43. The van der Waals surface area contributed by atoms with Crippen LogP contribution in [0.3, 0.4) is 0 Å². The lowest BCUT2D eigenvalue weighted by Gasteiger charge is -2.11. The molecule has 4 nitrogen and oxygen atoms in total. The third-order valence-corrected chi connectivity index (χ3v) is 3.53. The number of aryl methyl sites for hydroxylation is 1. The van der Waals surface area contributed by atoms with E-state index >= 15 is 0 Å². The number of nitrogens with one attached hydrogen (secondary N) is 2. The first-order valence-corrected chi connectivity index (χ1v) is 7.92. The topological polar surface area (TPSA) is 41.4 Å². The summed E-state index contributed by atoms with van der Waals surface area (Å²) in [6.07, 6.45) is 5.05. The SMILES string of the molecule is CCNC(=NCc1ccn(C)c1)NCCc1ccc(Cl)cc1. The summed E-state index contributed by atoms with van der Waals surface area (Å²) in [5.74, 6) is 0.848. The molecule has 0 aliphatic carbocycles. The summed E-state index contributed by atoms with van der Waals surface area (Å²) < 4.78 is 2.03. The van der Waals surface area contributed by atoms with Crippen molar-refractivity contribution in [2.45, 2.75) is 19.9 Å². The summed E-state index contributed by atoms with van der Waals surface area (Å²) in [5.41, 5.74) is 2.47. The van der Waals surface area contributed by atoms with Crippen LogP contribution < -0.4 is 10.6 Å². The molecule has 1 aromatic heterocycles. The van der Waals surface area contributed by atoms with Crippen LogP contribution in [-0.2, 0) is 20.0 Å². The molecule has 1 heterocycles. The molecule has 0 atom stereocenters. The van der Waals surface area contributed by atoms with Crippen LogP contribution in [-0.4, -0.2) is 23.6 Å². The minimum atomic E-state index is 0.678. The van der Waals surface area contributed by atoms with Gasteiger partial charge in [-0.3, -0.25) is 0 Å². The molecule has 5 heteroatoms. The van der Waals surface area contributed by atoms with Gasteiger partial charge in [-0.1, -0.05) is 23.7 Å². The minimum absolute atomic E-state index is 0.678. The molecule has 0 amide bonds. The zero-order valence-electron chi connectivity index (χ0n) is 13.1. The van der Waals surface area contributed by atoms with Crippen LogP contribution in [0.1, 0.15) is 18.1 Å². The summed E-state index contributed by atoms with van der Waals surface area (Å²) in [6, 6.07) is 10.0. The fourth-order valence-corrected chi connectivity index (χ4v) is 2.27. The maximum absolute atomic E-state index is 5.89. The quantitative estimate of drug-likeness (QED) is 0.635. The van der Waals surface area contributed by atoms with Gasteiger partial charge in [-0.25, -0.2) is 4.99 Å². The number of guanidine groups is 1. The van der Waals surface area contributed by atoms with Crippen LogP contribution in [0.15, 0.2) is 47.7 Å². The van der Waals surface area contributed by atoms with Crippen LogP contribution in [0.25, 0.3) is 0 Å². The van der Waals surface area contributed by atoms with E-state index in [1.54, 1.807) is 0 Å². The van der Waals surface area contributed by atoms with Crippen LogP contribution in [0.2, 0.25) is 5.02 Å². The van der Waals surface area contributed by atoms with Gasteiger partial charge in [0.25, 0.3) is 0 Å². The molecule has 0 saturated carbocycles. The van der Waals surface area contributed by atoms with Gasteiger partial charge >= 0.3 is 0 Å². The first-order chi connectivity index (χ1) is 10.7. The van der Waals surface area contributed by atoms with E-state index in [1.165, 1.54) is 11.1 Å². The molecule has 0 saturated heterocycles. The molecule has 2 N–H and O–H groups in total. The summed E-state index contributed by atoms with van der Waals surface area (Å²) in [7, 11) is 2.02. The van der Waals surface area contributed by atoms with E-state index < -0.39 is 0 Å². The van der Waals surface area contributed by atoms with Crippen LogP contribution in [0.5, 0.6) is 0 Å². The van der Waals surface area contributed by atoms with Gasteiger partial charge in [0, 0.05) is 37.6 Å². The molecular weight excluding hydrogens is 296 g/mol. The average molecular weight is 319 g/mol. The monoisotopic (exact) mass is 318 g/mol. The molecule has 0 fully saturated rings. The number of hydrogen-bond donors (Lipinski definition) is 2. The Hall–Kier alpha value is -1.94. The van der Waals surface area contributed by atoms with Gasteiger partial charge in [-0.15, -0.1) is 0 Å². The average Bonchev–Trinajstić information content (AvgIpc) is 2.92. The Morgan fingerprint density at radius 1 is 1.14 bits per heavy atom. The number of rotatable bonds is 6. The molecule has 0 bridgehead atoms. The van der Waals surface area contributed by atoms with Crippen molar-refractivity contribution in [3.63, 3.8) is 0 Å².